The zero-order valence-electron chi connectivity index (χ0n) is 38.8. The van der Waals surface area contributed by atoms with E-state index in [1.165, 1.54) is 199 Å². The Kier molecular flexibility index (Phi) is 46.6. The van der Waals surface area contributed by atoms with E-state index in [4.69, 9.17) is 4.74 Å². The maximum Gasteiger partial charge on any atom is 0.305 e. The molecule has 0 aliphatic carbocycles. The Hall–Kier alpha value is -1.66. The molecule has 0 bridgehead atoms. The average Bonchev–Trinajstić information content (AvgIpc) is 3.22. The summed E-state index contributed by atoms with van der Waals surface area (Å²) in [5.41, 5.74) is 0. The molecular formula is C52H99NO5. The van der Waals surface area contributed by atoms with Crippen LogP contribution in [-0.2, 0) is 14.3 Å². The zero-order chi connectivity index (χ0) is 42.3. The summed E-state index contributed by atoms with van der Waals surface area (Å²) in [6.45, 7) is 4.86. The SMILES string of the molecule is CCCCCCCCC/C=C/C(O)C(CO)NC(=O)CCCCCCCCC/C=C\CCCCCCCCCCCOC(=O)CCCCCCCCCCCCCC. The standard InChI is InChI=1S/C52H99NO5/c1-3-5-7-9-11-13-14-26-30-34-38-42-46-52(57)58-47-43-39-35-31-27-24-22-20-18-16-15-17-19-21-23-25-29-33-37-41-45-51(56)53-49(48-54)50(55)44-40-36-32-28-12-10-8-6-4-2/h15,17,40,44,49-50,54-55H,3-14,16,18-39,41-43,45-48H2,1-2H3,(H,53,56)/b17-15-,44-40+. The van der Waals surface area contributed by atoms with Gasteiger partial charge in [-0.1, -0.05) is 224 Å². The summed E-state index contributed by atoms with van der Waals surface area (Å²) in [5.74, 6) is -0.0741. The molecular weight excluding hydrogens is 719 g/mol. The second-order valence-corrected chi connectivity index (χ2v) is 17.5. The number of ether oxygens (including phenoxy) is 1. The van der Waals surface area contributed by atoms with Crippen LogP contribution in [0.1, 0.15) is 271 Å². The monoisotopic (exact) mass is 818 g/mol. The molecule has 0 spiro atoms. The minimum Gasteiger partial charge on any atom is -0.466 e. The van der Waals surface area contributed by atoms with E-state index in [0.29, 0.717) is 19.4 Å². The van der Waals surface area contributed by atoms with Crippen molar-refractivity contribution < 1.29 is 24.5 Å². The molecule has 0 saturated carbocycles. The third-order valence-corrected chi connectivity index (χ3v) is 11.7. The van der Waals surface area contributed by atoms with Crippen molar-refractivity contribution in [2.45, 2.75) is 283 Å². The number of esters is 1. The van der Waals surface area contributed by atoms with Crippen molar-refractivity contribution in [2.75, 3.05) is 13.2 Å². The van der Waals surface area contributed by atoms with Crippen LogP contribution in [0, 0.1) is 0 Å². The van der Waals surface area contributed by atoms with Crippen molar-refractivity contribution in [3.05, 3.63) is 24.3 Å². The van der Waals surface area contributed by atoms with Gasteiger partial charge in [0, 0.05) is 12.8 Å². The van der Waals surface area contributed by atoms with Crippen molar-refractivity contribution in [1.29, 1.82) is 0 Å². The Labute approximate surface area is 361 Å². The van der Waals surface area contributed by atoms with Crippen LogP contribution in [0.3, 0.4) is 0 Å². The maximum atomic E-state index is 12.4. The highest BCUT2D eigenvalue weighted by Gasteiger charge is 2.18. The molecule has 0 aromatic carbocycles. The first kappa shape index (κ1) is 56.3. The number of carbonyl (C=O) groups excluding carboxylic acids is 2. The van der Waals surface area contributed by atoms with Crippen LogP contribution in [-0.4, -0.2) is 47.4 Å². The fourth-order valence-corrected chi connectivity index (χ4v) is 7.74. The highest BCUT2D eigenvalue weighted by Crippen LogP contribution is 2.15. The van der Waals surface area contributed by atoms with Gasteiger partial charge in [-0.15, -0.1) is 0 Å². The summed E-state index contributed by atoms with van der Waals surface area (Å²) in [4.78, 5) is 24.3. The van der Waals surface area contributed by atoms with Gasteiger partial charge < -0.3 is 20.3 Å². The largest absolute Gasteiger partial charge is 0.466 e. The summed E-state index contributed by atoms with van der Waals surface area (Å²) in [5, 5.41) is 22.9. The highest BCUT2D eigenvalue weighted by molar-refractivity contribution is 5.76. The predicted molar refractivity (Wildman–Crippen MR) is 250 cm³/mol. The van der Waals surface area contributed by atoms with E-state index in [1.54, 1.807) is 6.08 Å². The van der Waals surface area contributed by atoms with Crippen LogP contribution in [0.5, 0.6) is 0 Å². The Bertz CT molecular complexity index is 904. The van der Waals surface area contributed by atoms with E-state index in [0.717, 1.165) is 44.9 Å². The van der Waals surface area contributed by atoms with Crippen LogP contribution >= 0.6 is 0 Å². The first-order valence-electron chi connectivity index (χ1n) is 25.6. The molecule has 0 saturated heterocycles. The van der Waals surface area contributed by atoms with Crippen molar-refractivity contribution in [3.63, 3.8) is 0 Å². The molecule has 0 aliphatic heterocycles. The number of carbonyl (C=O) groups is 2. The lowest BCUT2D eigenvalue weighted by atomic mass is 10.0. The van der Waals surface area contributed by atoms with Gasteiger partial charge in [-0.25, -0.2) is 0 Å². The Balaban J connectivity index is 3.43. The number of hydrogen-bond acceptors (Lipinski definition) is 5. The maximum absolute atomic E-state index is 12.4. The number of aliphatic hydroxyl groups is 2. The van der Waals surface area contributed by atoms with Gasteiger partial charge in [0.25, 0.3) is 0 Å². The molecule has 0 aliphatic rings. The molecule has 2 unspecified atom stereocenters. The fourth-order valence-electron chi connectivity index (χ4n) is 7.74. The number of unbranched alkanes of at least 4 members (excludes halogenated alkanes) is 34. The van der Waals surface area contributed by atoms with Gasteiger partial charge in [0.2, 0.25) is 5.91 Å². The highest BCUT2D eigenvalue weighted by atomic mass is 16.5. The molecule has 2 atom stereocenters. The number of hydrogen-bond donors (Lipinski definition) is 3. The van der Waals surface area contributed by atoms with Gasteiger partial charge >= 0.3 is 5.97 Å². The van der Waals surface area contributed by atoms with Crippen LogP contribution in [0.25, 0.3) is 0 Å². The van der Waals surface area contributed by atoms with Gasteiger partial charge in [-0.3, -0.25) is 9.59 Å². The van der Waals surface area contributed by atoms with Crippen LogP contribution in [0.2, 0.25) is 0 Å². The molecule has 6 nitrogen and oxygen atoms in total. The van der Waals surface area contributed by atoms with Crippen molar-refractivity contribution in [3.8, 4) is 0 Å². The topological polar surface area (TPSA) is 95.9 Å². The summed E-state index contributed by atoms with van der Waals surface area (Å²) in [7, 11) is 0. The third-order valence-electron chi connectivity index (χ3n) is 11.7. The Morgan fingerprint density at radius 1 is 0.466 bits per heavy atom. The van der Waals surface area contributed by atoms with Crippen molar-refractivity contribution in [1.82, 2.24) is 5.32 Å². The molecule has 0 heterocycles. The smallest absolute Gasteiger partial charge is 0.305 e. The van der Waals surface area contributed by atoms with Gasteiger partial charge in [0.15, 0.2) is 0 Å². The number of rotatable bonds is 47. The van der Waals surface area contributed by atoms with E-state index < -0.39 is 12.1 Å². The second-order valence-electron chi connectivity index (χ2n) is 17.5. The molecule has 0 rings (SSSR count). The predicted octanol–water partition coefficient (Wildman–Crippen LogP) is 15.1. The molecule has 58 heavy (non-hydrogen) atoms. The van der Waals surface area contributed by atoms with Crippen molar-refractivity contribution >= 4 is 11.9 Å². The normalized spacial score (nSPS) is 12.8. The molecule has 0 radical (unpaired) electrons. The van der Waals surface area contributed by atoms with Gasteiger partial charge in [-0.2, -0.15) is 0 Å². The number of allylic oxidation sites excluding steroid dienone is 3. The van der Waals surface area contributed by atoms with E-state index in [1.807, 2.05) is 6.08 Å². The number of nitrogens with one attached hydrogen (secondary N) is 1. The summed E-state index contributed by atoms with van der Waals surface area (Å²) < 4.78 is 5.46. The van der Waals surface area contributed by atoms with Gasteiger partial charge in [0.1, 0.15) is 0 Å². The lowest BCUT2D eigenvalue weighted by Crippen LogP contribution is -2.45. The Morgan fingerprint density at radius 2 is 0.810 bits per heavy atom. The van der Waals surface area contributed by atoms with Gasteiger partial charge in [0.05, 0.1) is 25.4 Å². The average molecular weight is 818 g/mol. The molecule has 0 aromatic rings. The minimum atomic E-state index is -0.847. The number of amides is 1. The van der Waals surface area contributed by atoms with Crippen LogP contribution < -0.4 is 5.32 Å². The Morgan fingerprint density at radius 3 is 1.22 bits per heavy atom. The number of aliphatic hydroxyl groups excluding tert-OH is 2. The van der Waals surface area contributed by atoms with E-state index in [2.05, 4.69) is 31.3 Å². The molecule has 0 fully saturated rings. The summed E-state index contributed by atoms with van der Waals surface area (Å²) in [6, 6.07) is -0.631. The van der Waals surface area contributed by atoms with Crippen LogP contribution in [0.15, 0.2) is 24.3 Å². The van der Waals surface area contributed by atoms with E-state index >= 15 is 0 Å². The zero-order valence-corrected chi connectivity index (χ0v) is 38.8. The molecule has 3 N–H and O–H groups in total. The minimum absolute atomic E-state index is 0.00558. The molecule has 6 heteroatoms. The summed E-state index contributed by atoms with van der Waals surface area (Å²) in [6.07, 6.45) is 56.2. The first-order chi connectivity index (χ1) is 28.5. The first-order valence-corrected chi connectivity index (χ1v) is 25.6. The molecule has 0 aromatic heterocycles. The van der Waals surface area contributed by atoms with Crippen molar-refractivity contribution in [2.24, 2.45) is 0 Å². The lowest BCUT2D eigenvalue weighted by molar-refractivity contribution is -0.143. The molecule has 342 valence electrons. The molecule has 1 amide bonds. The van der Waals surface area contributed by atoms with Crippen LogP contribution in [0.4, 0.5) is 0 Å². The fraction of sp³-hybridized carbons (Fsp3) is 0.885. The van der Waals surface area contributed by atoms with E-state index in [9.17, 15) is 19.8 Å². The third kappa shape index (κ3) is 43.9. The summed E-state index contributed by atoms with van der Waals surface area (Å²) >= 11 is 0. The van der Waals surface area contributed by atoms with Gasteiger partial charge in [-0.05, 0) is 57.8 Å². The quantitative estimate of drug-likeness (QED) is 0.0323. The lowest BCUT2D eigenvalue weighted by Gasteiger charge is -2.20. The van der Waals surface area contributed by atoms with E-state index in [-0.39, 0.29) is 18.5 Å². The second kappa shape index (κ2) is 48.0.